The highest BCUT2D eigenvalue weighted by Crippen LogP contribution is 2.61. The molecule has 0 unspecified atom stereocenters. The van der Waals surface area contributed by atoms with Crippen LogP contribution in [0.4, 0.5) is 4.79 Å². The van der Waals surface area contributed by atoms with Crippen LogP contribution >= 0.6 is 0 Å². The molecule has 162 valence electrons. The van der Waals surface area contributed by atoms with Gasteiger partial charge < -0.3 is 10.6 Å². The van der Waals surface area contributed by atoms with Crippen molar-refractivity contribution >= 4 is 17.8 Å². The van der Waals surface area contributed by atoms with Crippen LogP contribution in [0.1, 0.15) is 85.0 Å². The molecule has 0 aromatic rings. The topological polar surface area (TPSA) is 78.5 Å². The van der Waals surface area contributed by atoms with E-state index in [0.717, 1.165) is 35.5 Å². The number of hydrogen-bond acceptors (Lipinski definition) is 3. The minimum absolute atomic E-state index is 0.0974. The summed E-state index contributed by atoms with van der Waals surface area (Å²) in [5.41, 5.74) is -0.609. The van der Waals surface area contributed by atoms with Crippen molar-refractivity contribution in [2.24, 2.45) is 23.2 Å². The van der Waals surface area contributed by atoms with Gasteiger partial charge in [-0.2, -0.15) is 0 Å². The van der Waals surface area contributed by atoms with Gasteiger partial charge in [0, 0.05) is 6.04 Å². The number of imide groups is 1. The maximum Gasteiger partial charge on any atom is 0.325 e. The predicted octanol–water partition coefficient (Wildman–Crippen LogP) is 3.60. The van der Waals surface area contributed by atoms with E-state index in [0.29, 0.717) is 12.8 Å². The number of nitrogens with one attached hydrogen (secondary N) is 2. The Balaban J connectivity index is 1.39. The maximum atomic E-state index is 13.0. The lowest BCUT2D eigenvalue weighted by Crippen LogP contribution is -2.57. The second-order valence-electron chi connectivity index (χ2n) is 10.5. The second kappa shape index (κ2) is 7.59. The van der Waals surface area contributed by atoms with Crippen LogP contribution < -0.4 is 10.6 Å². The summed E-state index contributed by atoms with van der Waals surface area (Å²) >= 11 is 0. The van der Waals surface area contributed by atoms with E-state index in [1.165, 1.54) is 38.5 Å². The summed E-state index contributed by atoms with van der Waals surface area (Å²) in [7, 11) is 0. The van der Waals surface area contributed by atoms with E-state index >= 15 is 0 Å². The molecular formula is C23H37N3O3. The molecule has 29 heavy (non-hydrogen) atoms. The summed E-state index contributed by atoms with van der Waals surface area (Å²) < 4.78 is 0. The van der Waals surface area contributed by atoms with Crippen LogP contribution in [0, 0.1) is 23.2 Å². The van der Waals surface area contributed by atoms with Crippen LogP contribution in [-0.2, 0) is 9.59 Å². The molecule has 1 heterocycles. The molecule has 1 atom stereocenters. The molecule has 5 rings (SSSR count). The molecule has 0 aromatic carbocycles. The molecular weight excluding hydrogens is 366 g/mol. The fourth-order valence-corrected chi connectivity index (χ4v) is 7.43. The zero-order chi connectivity index (χ0) is 20.8. The number of rotatable bonds is 8. The van der Waals surface area contributed by atoms with Gasteiger partial charge in [-0.1, -0.05) is 26.7 Å². The number of carbonyl (C=O) groups is 3. The van der Waals surface area contributed by atoms with Crippen molar-refractivity contribution in [2.75, 3.05) is 6.54 Å². The van der Waals surface area contributed by atoms with Gasteiger partial charge in [0.25, 0.3) is 5.91 Å². The van der Waals surface area contributed by atoms with E-state index < -0.39 is 11.6 Å². The van der Waals surface area contributed by atoms with Gasteiger partial charge in [0.1, 0.15) is 12.1 Å². The van der Waals surface area contributed by atoms with Gasteiger partial charge in [0.2, 0.25) is 5.91 Å². The van der Waals surface area contributed by atoms with Crippen molar-refractivity contribution in [1.82, 2.24) is 15.5 Å². The number of carbonyl (C=O) groups excluding carboxylic acids is 3. The highest BCUT2D eigenvalue weighted by Gasteiger charge is 2.54. The van der Waals surface area contributed by atoms with Gasteiger partial charge in [-0.25, -0.2) is 4.79 Å². The monoisotopic (exact) mass is 403 g/mol. The average Bonchev–Trinajstić information content (AvgIpc) is 2.85. The van der Waals surface area contributed by atoms with Crippen LogP contribution in [-0.4, -0.2) is 40.9 Å². The summed E-state index contributed by atoms with van der Waals surface area (Å²) in [5, 5.41) is 6.08. The van der Waals surface area contributed by atoms with Crippen LogP contribution in [0.3, 0.4) is 0 Å². The number of nitrogens with zero attached hydrogens (tertiary/aromatic N) is 1. The van der Waals surface area contributed by atoms with Crippen molar-refractivity contribution in [2.45, 2.75) is 96.6 Å². The van der Waals surface area contributed by atoms with Crippen molar-refractivity contribution < 1.29 is 14.4 Å². The zero-order valence-corrected chi connectivity index (χ0v) is 18.3. The van der Waals surface area contributed by atoms with Crippen molar-refractivity contribution in [3.8, 4) is 0 Å². The summed E-state index contributed by atoms with van der Waals surface area (Å²) in [6.07, 6.45) is 10.7. The highest BCUT2D eigenvalue weighted by atomic mass is 16.2. The molecule has 5 fully saturated rings. The molecule has 6 heteroatoms. The number of amides is 4. The standard InChI is InChI=1S/C23H37N3O3/c1-4-6-23(7-5-2)20(28)26(21(29)25-23)14-19(27)24-15(3)22-11-16-8-17(12-22)10-18(9-16)13-22/h15-18H,4-14H2,1-3H3,(H,24,27)(H,25,29)/t15-,16?,17?,18?,22?/m0/s1. The Labute approximate surface area is 174 Å². The Kier molecular flexibility index (Phi) is 5.41. The SMILES string of the molecule is CCCC1(CCC)NC(=O)N(CC(=O)N[C@@H](C)C23CC4CC(CC(C4)C2)C3)C1=O. The predicted molar refractivity (Wildman–Crippen MR) is 111 cm³/mol. The summed E-state index contributed by atoms with van der Waals surface area (Å²) in [4.78, 5) is 39.5. The number of urea groups is 1. The first kappa shape index (κ1) is 20.7. The minimum atomic E-state index is -0.827. The number of hydrogen-bond donors (Lipinski definition) is 2. The molecule has 2 N–H and O–H groups in total. The molecule has 4 bridgehead atoms. The van der Waals surface area contributed by atoms with E-state index in [1.54, 1.807) is 0 Å². The van der Waals surface area contributed by atoms with Gasteiger partial charge in [0.05, 0.1) is 0 Å². The van der Waals surface area contributed by atoms with E-state index in [1.807, 2.05) is 13.8 Å². The van der Waals surface area contributed by atoms with E-state index in [-0.39, 0.29) is 29.8 Å². The molecule has 0 radical (unpaired) electrons. The van der Waals surface area contributed by atoms with Crippen molar-refractivity contribution in [3.05, 3.63) is 0 Å². The molecule has 0 aromatic heterocycles. The van der Waals surface area contributed by atoms with Gasteiger partial charge in [-0.05, 0) is 81.5 Å². The first-order valence-corrected chi connectivity index (χ1v) is 11.7. The molecule has 4 saturated carbocycles. The molecule has 0 spiro atoms. The molecule has 1 saturated heterocycles. The fraction of sp³-hybridized carbons (Fsp3) is 0.870. The van der Waals surface area contributed by atoms with Crippen molar-refractivity contribution in [1.29, 1.82) is 0 Å². The molecule has 1 aliphatic heterocycles. The molecule has 6 nitrogen and oxygen atoms in total. The van der Waals surface area contributed by atoms with E-state index in [4.69, 9.17) is 0 Å². The first-order valence-electron chi connectivity index (χ1n) is 11.7. The van der Waals surface area contributed by atoms with Crippen LogP contribution in [0.2, 0.25) is 0 Å². The summed E-state index contributed by atoms with van der Waals surface area (Å²) in [6.45, 7) is 5.99. The van der Waals surface area contributed by atoms with Crippen LogP contribution in [0.5, 0.6) is 0 Å². The quantitative estimate of drug-likeness (QED) is 0.608. The third kappa shape index (κ3) is 3.57. The minimum Gasteiger partial charge on any atom is -0.352 e. The second-order valence-corrected chi connectivity index (χ2v) is 10.5. The van der Waals surface area contributed by atoms with Gasteiger partial charge in [-0.3, -0.25) is 14.5 Å². The fourth-order valence-electron chi connectivity index (χ4n) is 7.43. The maximum absolute atomic E-state index is 13.0. The lowest BCUT2D eigenvalue weighted by molar-refractivity contribution is -0.136. The Bertz CT molecular complexity index is 648. The van der Waals surface area contributed by atoms with E-state index in [2.05, 4.69) is 17.6 Å². The van der Waals surface area contributed by atoms with Crippen LogP contribution in [0.15, 0.2) is 0 Å². The van der Waals surface area contributed by atoms with Crippen molar-refractivity contribution in [3.63, 3.8) is 0 Å². The normalized spacial score (nSPS) is 35.7. The van der Waals surface area contributed by atoms with Gasteiger partial charge in [-0.15, -0.1) is 0 Å². The zero-order valence-electron chi connectivity index (χ0n) is 18.3. The third-order valence-electron chi connectivity index (χ3n) is 8.28. The summed E-state index contributed by atoms with van der Waals surface area (Å²) in [6, 6.07) is -0.324. The Morgan fingerprint density at radius 3 is 2.07 bits per heavy atom. The van der Waals surface area contributed by atoms with Crippen LogP contribution in [0.25, 0.3) is 0 Å². The van der Waals surface area contributed by atoms with Gasteiger partial charge in [0.15, 0.2) is 0 Å². The Morgan fingerprint density at radius 1 is 1.07 bits per heavy atom. The Morgan fingerprint density at radius 2 is 1.59 bits per heavy atom. The smallest absolute Gasteiger partial charge is 0.325 e. The highest BCUT2D eigenvalue weighted by molar-refractivity contribution is 6.09. The van der Waals surface area contributed by atoms with E-state index in [9.17, 15) is 14.4 Å². The Hall–Kier alpha value is -1.59. The molecule has 5 aliphatic rings. The molecule has 4 amide bonds. The molecule has 4 aliphatic carbocycles. The largest absolute Gasteiger partial charge is 0.352 e. The lowest BCUT2D eigenvalue weighted by Gasteiger charge is -2.59. The first-order chi connectivity index (χ1) is 13.8. The lowest BCUT2D eigenvalue weighted by atomic mass is 9.48. The third-order valence-corrected chi connectivity index (χ3v) is 8.28. The van der Waals surface area contributed by atoms with Gasteiger partial charge >= 0.3 is 6.03 Å². The summed E-state index contributed by atoms with van der Waals surface area (Å²) in [5.74, 6) is 2.05. The average molecular weight is 404 g/mol.